The van der Waals surface area contributed by atoms with Gasteiger partial charge in [0.25, 0.3) is 5.91 Å². The standard InChI is InChI=1S/C31H20Cl2N2O3/c32-24-15-14-21(17-25(24)33)34-30(36)27-28(35(38-29(27)31(34)37)20-10-2-1-3-11-20)26-22-12-6-4-8-18(22)16-19-9-5-7-13-23(19)26/h1-17,27-29H/t27-,28+,29+/m0/s1. The molecule has 0 aliphatic carbocycles. The zero-order chi connectivity index (χ0) is 26.0. The minimum absolute atomic E-state index is 0.269. The van der Waals surface area contributed by atoms with Crippen LogP contribution >= 0.6 is 23.2 Å². The van der Waals surface area contributed by atoms with E-state index < -0.39 is 24.0 Å². The number of benzene rings is 5. The number of imide groups is 1. The summed E-state index contributed by atoms with van der Waals surface area (Å²) in [5.74, 6) is -1.53. The van der Waals surface area contributed by atoms with Crippen molar-refractivity contribution in [2.45, 2.75) is 12.1 Å². The smallest absolute Gasteiger partial charge is 0.266 e. The van der Waals surface area contributed by atoms with Gasteiger partial charge in [-0.1, -0.05) is 89.9 Å². The Morgan fingerprint density at radius 2 is 1.26 bits per heavy atom. The second-order valence-corrected chi connectivity index (χ2v) is 10.3. The fraction of sp³-hybridized carbons (Fsp3) is 0.0968. The van der Waals surface area contributed by atoms with Gasteiger partial charge in [0.2, 0.25) is 5.91 Å². The number of amides is 2. The predicted octanol–water partition coefficient (Wildman–Crippen LogP) is 7.35. The van der Waals surface area contributed by atoms with Gasteiger partial charge in [-0.3, -0.25) is 14.4 Å². The van der Waals surface area contributed by atoms with Crippen molar-refractivity contribution in [2.24, 2.45) is 5.92 Å². The van der Waals surface area contributed by atoms with Crippen molar-refractivity contribution in [3.8, 4) is 0 Å². The van der Waals surface area contributed by atoms with E-state index in [1.807, 2.05) is 54.6 Å². The van der Waals surface area contributed by atoms with Crippen molar-refractivity contribution in [1.82, 2.24) is 0 Å². The summed E-state index contributed by atoms with van der Waals surface area (Å²) in [6.07, 6.45) is -0.986. The Morgan fingerprint density at radius 1 is 0.632 bits per heavy atom. The minimum Gasteiger partial charge on any atom is -0.273 e. The third-order valence-electron chi connectivity index (χ3n) is 7.40. The maximum atomic E-state index is 14.1. The molecule has 7 heteroatoms. The van der Waals surface area contributed by atoms with E-state index in [-0.39, 0.29) is 10.9 Å². The summed E-state index contributed by atoms with van der Waals surface area (Å²) in [7, 11) is 0. The third kappa shape index (κ3) is 3.43. The van der Waals surface area contributed by atoms with Gasteiger partial charge in [-0.25, -0.2) is 9.96 Å². The van der Waals surface area contributed by atoms with Crippen LogP contribution in [0.2, 0.25) is 10.0 Å². The third-order valence-corrected chi connectivity index (χ3v) is 8.14. The summed E-state index contributed by atoms with van der Waals surface area (Å²) in [5, 5.41) is 6.48. The van der Waals surface area contributed by atoms with Gasteiger partial charge in [0.15, 0.2) is 6.10 Å². The number of anilines is 2. The van der Waals surface area contributed by atoms with Gasteiger partial charge in [0.05, 0.1) is 27.5 Å². The lowest BCUT2D eigenvalue weighted by Crippen LogP contribution is -2.37. The molecular weight excluding hydrogens is 519 g/mol. The van der Waals surface area contributed by atoms with Crippen LogP contribution in [-0.2, 0) is 14.4 Å². The molecule has 0 saturated carbocycles. The van der Waals surface area contributed by atoms with Crippen molar-refractivity contribution >= 4 is 67.9 Å². The highest BCUT2D eigenvalue weighted by Gasteiger charge is 2.60. The fourth-order valence-electron chi connectivity index (χ4n) is 5.75. The zero-order valence-corrected chi connectivity index (χ0v) is 21.4. The van der Waals surface area contributed by atoms with E-state index in [1.54, 1.807) is 17.2 Å². The van der Waals surface area contributed by atoms with Crippen LogP contribution in [0.5, 0.6) is 0 Å². The molecule has 186 valence electrons. The maximum absolute atomic E-state index is 14.1. The molecule has 3 atom stereocenters. The van der Waals surface area contributed by atoms with Gasteiger partial charge >= 0.3 is 0 Å². The van der Waals surface area contributed by atoms with Crippen molar-refractivity contribution in [1.29, 1.82) is 0 Å². The predicted molar refractivity (Wildman–Crippen MR) is 150 cm³/mol. The van der Waals surface area contributed by atoms with E-state index in [0.717, 1.165) is 32.8 Å². The second kappa shape index (κ2) is 8.84. The average Bonchev–Trinajstić information content (AvgIpc) is 3.44. The van der Waals surface area contributed by atoms with E-state index in [0.29, 0.717) is 10.7 Å². The first-order chi connectivity index (χ1) is 18.5. The van der Waals surface area contributed by atoms with E-state index in [1.165, 1.54) is 11.0 Å². The molecule has 5 nitrogen and oxygen atoms in total. The first kappa shape index (κ1) is 23.2. The number of hydrogen-bond acceptors (Lipinski definition) is 4. The number of hydrogen-bond donors (Lipinski definition) is 0. The molecule has 2 fully saturated rings. The number of carbonyl (C=O) groups excluding carboxylic acids is 2. The Balaban J connectivity index is 1.46. The average molecular weight is 539 g/mol. The number of hydroxylamine groups is 1. The molecule has 7 rings (SSSR count). The fourth-order valence-corrected chi connectivity index (χ4v) is 6.04. The first-order valence-electron chi connectivity index (χ1n) is 12.3. The number of halogens is 2. The highest BCUT2D eigenvalue weighted by Crippen LogP contribution is 2.51. The highest BCUT2D eigenvalue weighted by molar-refractivity contribution is 6.42. The molecule has 2 amide bonds. The van der Waals surface area contributed by atoms with Crippen LogP contribution in [0.1, 0.15) is 11.6 Å². The van der Waals surface area contributed by atoms with Gasteiger partial charge < -0.3 is 0 Å². The number of rotatable bonds is 3. The van der Waals surface area contributed by atoms with Crippen LogP contribution in [-0.4, -0.2) is 17.9 Å². The van der Waals surface area contributed by atoms with Crippen LogP contribution in [0.3, 0.4) is 0 Å². The molecule has 0 spiro atoms. The molecule has 2 aliphatic heterocycles. The molecule has 38 heavy (non-hydrogen) atoms. The van der Waals surface area contributed by atoms with Gasteiger partial charge in [-0.05, 0) is 63.5 Å². The lowest BCUT2D eigenvalue weighted by molar-refractivity contribution is -0.126. The Hall–Kier alpha value is -3.90. The highest BCUT2D eigenvalue weighted by atomic mass is 35.5. The summed E-state index contributed by atoms with van der Waals surface area (Å²) < 4.78 is 0. The Labute approximate surface area is 228 Å². The van der Waals surface area contributed by atoms with Crippen molar-refractivity contribution in [2.75, 3.05) is 9.96 Å². The van der Waals surface area contributed by atoms with Gasteiger partial charge in [0, 0.05) is 0 Å². The number of fused-ring (bicyclic) bond motifs is 3. The SMILES string of the molecule is O=C1[C@H]2[C@@H](c3c4ccccc4cc4ccccc34)N(c3ccccc3)O[C@H]2C(=O)N1c1ccc(Cl)c(Cl)c1. The quantitative estimate of drug-likeness (QED) is 0.178. The van der Waals surface area contributed by atoms with Crippen LogP contribution in [0.15, 0.2) is 103 Å². The lowest BCUT2D eigenvalue weighted by atomic mass is 9.84. The summed E-state index contributed by atoms with van der Waals surface area (Å²) in [5.41, 5.74) is 2.10. The zero-order valence-electron chi connectivity index (χ0n) is 19.9. The molecule has 0 N–H and O–H groups in total. The van der Waals surface area contributed by atoms with Gasteiger partial charge in [0.1, 0.15) is 5.92 Å². The van der Waals surface area contributed by atoms with E-state index in [2.05, 4.69) is 30.3 Å². The number of para-hydroxylation sites is 1. The summed E-state index contributed by atoms with van der Waals surface area (Å²) in [4.78, 5) is 35.5. The van der Waals surface area contributed by atoms with Crippen LogP contribution in [0, 0.1) is 5.92 Å². The lowest BCUT2D eigenvalue weighted by Gasteiger charge is -2.30. The molecule has 0 unspecified atom stereocenters. The summed E-state index contributed by atoms with van der Waals surface area (Å²) in [6.45, 7) is 0. The molecule has 2 heterocycles. The summed E-state index contributed by atoms with van der Waals surface area (Å²) in [6, 6.07) is 32.2. The number of nitrogens with zero attached hydrogens (tertiary/aromatic N) is 2. The Morgan fingerprint density at radius 3 is 1.92 bits per heavy atom. The molecule has 5 aromatic carbocycles. The summed E-state index contributed by atoms with van der Waals surface area (Å²) >= 11 is 12.4. The van der Waals surface area contributed by atoms with Crippen LogP contribution in [0.25, 0.3) is 21.5 Å². The Bertz CT molecular complexity index is 1700. The Kier molecular flexibility index (Phi) is 5.41. The van der Waals surface area contributed by atoms with Gasteiger partial charge in [-0.15, -0.1) is 0 Å². The molecule has 2 saturated heterocycles. The normalized spacial score (nSPS) is 21.1. The van der Waals surface area contributed by atoms with Crippen LogP contribution in [0.4, 0.5) is 11.4 Å². The number of carbonyl (C=O) groups is 2. The molecule has 2 aliphatic rings. The molecule has 0 bridgehead atoms. The molecule has 0 radical (unpaired) electrons. The topological polar surface area (TPSA) is 49.9 Å². The van der Waals surface area contributed by atoms with Crippen LogP contribution < -0.4 is 9.96 Å². The first-order valence-corrected chi connectivity index (χ1v) is 13.0. The van der Waals surface area contributed by atoms with E-state index in [9.17, 15) is 9.59 Å². The largest absolute Gasteiger partial charge is 0.273 e. The van der Waals surface area contributed by atoms with Crippen molar-refractivity contribution in [3.63, 3.8) is 0 Å². The molecule has 0 aromatic heterocycles. The van der Waals surface area contributed by atoms with E-state index in [4.69, 9.17) is 28.0 Å². The van der Waals surface area contributed by atoms with E-state index >= 15 is 0 Å². The maximum Gasteiger partial charge on any atom is 0.266 e. The molecule has 5 aromatic rings. The minimum atomic E-state index is -0.986. The second-order valence-electron chi connectivity index (χ2n) is 9.50. The van der Waals surface area contributed by atoms with Gasteiger partial charge in [-0.2, -0.15) is 0 Å². The monoisotopic (exact) mass is 538 g/mol. The molecular formula is C31H20Cl2N2O3. The van der Waals surface area contributed by atoms with Crippen molar-refractivity contribution < 1.29 is 14.4 Å². The van der Waals surface area contributed by atoms with Crippen molar-refractivity contribution in [3.05, 3.63) is 119 Å².